The molecule has 6 aromatic rings. The molecule has 0 spiro atoms. The first kappa shape index (κ1) is 65.4. The molecule has 86 heavy (non-hydrogen) atoms. The van der Waals surface area contributed by atoms with Crippen molar-refractivity contribution in [3.8, 4) is 11.4 Å². The summed E-state index contributed by atoms with van der Waals surface area (Å²) in [7, 11) is 6.00. The Hall–Kier alpha value is -9.74. The van der Waals surface area contributed by atoms with Gasteiger partial charge in [0.1, 0.15) is 14.1 Å². The molecule has 20 heteroatoms. The molecular weight excluding hydrogens is 1170 g/mol. The molecule has 11 rings (SSSR count). The number of hydrogen-bond acceptors (Lipinski definition) is 12. The molecule has 2 N–H and O–H groups in total. The van der Waals surface area contributed by atoms with Crippen LogP contribution in [0.15, 0.2) is 236 Å². The zero-order valence-corrected chi connectivity index (χ0v) is 49.1. The van der Waals surface area contributed by atoms with Crippen LogP contribution in [-0.2, 0) is 57.6 Å². The number of allylic oxidation sites excluding steroid dienone is 11. The molecule has 1 aromatic carbocycles. The second kappa shape index (κ2) is 31.8. The fraction of sp³-hybridized carbons (Fsp3) is 0.152. The van der Waals surface area contributed by atoms with Crippen LogP contribution in [0.25, 0.3) is 28.1 Å². The summed E-state index contributed by atoms with van der Waals surface area (Å²) in [6.45, 7) is 16.9. The first-order valence-corrected chi connectivity index (χ1v) is 26.2. The molecule has 10 heterocycles. The van der Waals surface area contributed by atoms with Crippen LogP contribution in [-0.4, -0.2) is 95.8 Å². The van der Waals surface area contributed by atoms with E-state index in [1.54, 1.807) is 36.7 Å². The summed E-state index contributed by atoms with van der Waals surface area (Å²) in [6.07, 6.45) is 31.9. The van der Waals surface area contributed by atoms with E-state index >= 15 is 0 Å². The normalized spacial score (nSPS) is 14.7. The second-order valence-corrected chi connectivity index (χ2v) is 18.9. The molecule has 0 aliphatic carbocycles. The monoisotopic (exact) mass is 1230 g/mol. The molecule has 0 saturated carbocycles. The number of nitrogens with zero attached hydrogens (tertiary/aromatic N) is 11. The zero-order valence-electron chi connectivity index (χ0n) is 47.2. The number of pyridine rings is 4. The number of aliphatic imine (C=N–C) groups is 5. The number of hydrogen-bond donors (Lipinski definition) is 0. The van der Waals surface area contributed by atoms with Gasteiger partial charge in [-0.05, 0) is 142 Å². The molecule has 0 unspecified atom stereocenters. The Morgan fingerprint density at radius 1 is 0.535 bits per heavy atom. The van der Waals surface area contributed by atoms with Crippen molar-refractivity contribution in [2.45, 2.75) is 6.92 Å². The van der Waals surface area contributed by atoms with E-state index in [1.807, 2.05) is 128 Å². The summed E-state index contributed by atoms with van der Waals surface area (Å²) in [5.74, 6) is -0.706. The van der Waals surface area contributed by atoms with Gasteiger partial charge >= 0.3 is 33.9 Å². The van der Waals surface area contributed by atoms with Gasteiger partial charge in [-0.2, -0.15) is 0 Å². The van der Waals surface area contributed by atoms with Gasteiger partial charge in [-0.15, -0.1) is 11.4 Å². The SMILES string of the molecule is Cc1ccnc(-c2cc(C([O-])=NCCOCCOCCN=C([O-])c3ccc(C4=C5C=CC(=N5)C(=C5C=CN(C)C=C5)C5=NC(=C(c6cc[n+](C)cc6)c6ccc([n-]6)C(c6cc[n+](C)cc6)=C6C=CC4=N6)C=C5)cc3)ccn2)c1.O.[98Tc].[C-]#[O+].[C-]#[O+].[C-]#[O+]. The molecule has 5 aliphatic heterocycles. The third-order valence-corrected chi connectivity index (χ3v) is 13.4. The first-order valence-electron chi connectivity index (χ1n) is 26.2. The van der Waals surface area contributed by atoms with Gasteiger partial charge in [0.2, 0.25) is 0 Å². The van der Waals surface area contributed by atoms with Crippen LogP contribution in [0.2, 0.25) is 0 Å². The van der Waals surface area contributed by atoms with E-state index in [1.165, 1.54) is 0 Å². The Morgan fingerprint density at radius 2 is 0.965 bits per heavy atom. The van der Waals surface area contributed by atoms with E-state index in [0.717, 1.165) is 84.3 Å². The predicted octanol–water partition coefficient (Wildman–Crippen LogP) is 5.31. The fourth-order valence-corrected chi connectivity index (χ4v) is 9.36. The van der Waals surface area contributed by atoms with Gasteiger partial charge in [-0.3, -0.25) is 20.0 Å². The van der Waals surface area contributed by atoms with Crippen LogP contribution in [0.4, 0.5) is 0 Å². The van der Waals surface area contributed by atoms with Crippen molar-refractivity contribution >= 4 is 45.6 Å². The van der Waals surface area contributed by atoms with Crippen LogP contribution >= 0.6 is 0 Å². The maximum absolute atomic E-state index is 13.4. The molecule has 0 atom stereocenters. The minimum absolute atomic E-state index is 0. The number of aromatic nitrogens is 5. The van der Waals surface area contributed by atoms with Crippen molar-refractivity contribution in [3.05, 3.63) is 276 Å². The average molecular weight is 1230 g/mol. The number of ether oxygens (including phenoxy) is 2. The molecule has 0 fully saturated rings. The van der Waals surface area contributed by atoms with Gasteiger partial charge in [0.15, 0.2) is 24.8 Å². The molecule has 0 saturated heterocycles. The van der Waals surface area contributed by atoms with Gasteiger partial charge < -0.3 is 35.0 Å². The van der Waals surface area contributed by atoms with Crippen LogP contribution in [0, 0.1) is 26.9 Å². The van der Waals surface area contributed by atoms with Gasteiger partial charge in [0.25, 0.3) is 0 Å². The summed E-state index contributed by atoms with van der Waals surface area (Å²) in [4.78, 5) is 40.7. The number of aryl methyl sites for hydroxylation is 3. The van der Waals surface area contributed by atoms with E-state index in [9.17, 15) is 10.2 Å². The van der Waals surface area contributed by atoms with E-state index in [4.69, 9.17) is 43.4 Å². The standard InChI is InChI=1S/C63H55N11O4.3CO.H2O.Tc/c1-41-17-25-64-56(39-41)57-40-47(18-26-65-57)63(76)67-28-36-78-38-37-77-35-27-66-62(75)46-7-5-42(6-8-46)58-48-9-11-50(68-48)59(43-19-29-72(2)30-20-43)52-13-15-54(70-52)61(45-23-33-74(4)34-24-45)55-16-14-53(71-55)60(51-12-10-49(58)69-51)44-21-31-73(3)32-22-44;3*1-2;;/h5-26,29-34,39-40H,27-28,35-38H2,1-4H3,(H-2,66,67,68,69,70,71,75,76);;;;1H2;/p-1/i;;;;;1+0. The number of benzene rings is 1. The van der Waals surface area contributed by atoms with Gasteiger partial charge in [0.05, 0.1) is 85.1 Å². The molecule has 5 aromatic heterocycles. The van der Waals surface area contributed by atoms with Crippen molar-refractivity contribution in [1.29, 1.82) is 0 Å². The molecule has 8 bridgehead atoms. The van der Waals surface area contributed by atoms with E-state index < -0.39 is 0 Å². The minimum atomic E-state index is -0.356. The summed E-state index contributed by atoms with van der Waals surface area (Å²) in [6, 6.07) is 27.0. The van der Waals surface area contributed by atoms with Crippen molar-refractivity contribution in [2.75, 3.05) is 46.6 Å². The van der Waals surface area contributed by atoms with Crippen molar-refractivity contribution in [2.24, 2.45) is 39.1 Å². The third kappa shape index (κ3) is 15.7. The van der Waals surface area contributed by atoms with Crippen LogP contribution in [0.1, 0.15) is 44.8 Å². The molecule has 5 aliphatic rings. The summed E-state index contributed by atoms with van der Waals surface area (Å²) < 4.78 is 37.9. The first-order chi connectivity index (χ1) is 41.1. The second-order valence-electron chi connectivity index (χ2n) is 18.9. The third-order valence-electron chi connectivity index (χ3n) is 13.4. The van der Waals surface area contributed by atoms with Crippen molar-refractivity contribution in [1.82, 2.24) is 19.9 Å². The van der Waals surface area contributed by atoms with Crippen LogP contribution < -0.4 is 24.3 Å². The quantitative estimate of drug-likeness (QED) is 0.0324. The van der Waals surface area contributed by atoms with Crippen LogP contribution in [0.3, 0.4) is 0 Å². The van der Waals surface area contributed by atoms with Crippen molar-refractivity contribution < 1.29 is 68.4 Å². The Kier molecular flexibility index (Phi) is 24.2. The Bertz CT molecular complexity index is 3930. The topological polar surface area (TPSA) is 268 Å². The summed E-state index contributed by atoms with van der Waals surface area (Å²) in [5, 5.41) is 26.2. The molecule has 1 radical (unpaired) electrons. The Labute approximate surface area is 511 Å². The molecule has 0 amide bonds. The van der Waals surface area contributed by atoms with Crippen molar-refractivity contribution in [3.63, 3.8) is 0 Å². The average Bonchev–Trinajstić information content (AvgIpc) is 1.90. The number of rotatable bonds is 15. The predicted molar refractivity (Wildman–Crippen MR) is 315 cm³/mol. The van der Waals surface area contributed by atoms with Gasteiger partial charge in [0, 0.05) is 87.4 Å². The van der Waals surface area contributed by atoms with E-state index in [-0.39, 0.29) is 63.7 Å². The zero-order chi connectivity index (χ0) is 59.5. The Balaban J connectivity index is 0.00000143. The van der Waals surface area contributed by atoms with Crippen LogP contribution in [0.5, 0.6) is 0 Å². The van der Waals surface area contributed by atoms with Gasteiger partial charge in [-0.25, -0.2) is 24.1 Å². The molecular formula is C66H56N11O8Tc-. The van der Waals surface area contributed by atoms with E-state index in [0.29, 0.717) is 47.1 Å². The number of fused-ring (bicyclic) bond motifs is 5. The molecule has 19 nitrogen and oxygen atoms in total. The van der Waals surface area contributed by atoms with Gasteiger partial charge in [-0.1, -0.05) is 36.4 Å². The fourth-order valence-electron chi connectivity index (χ4n) is 9.36. The molecule has 431 valence electrons. The Morgan fingerprint density at radius 3 is 1.45 bits per heavy atom. The maximum atomic E-state index is 13.4. The summed E-state index contributed by atoms with van der Waals surface area (Å²) in [5.41, 5.74) is 16.5. The summed E-state index contributed by atoms with van der Waals surface area (Å²) >= 11 is 0. The van der Waals surface area contributed by atoms with E-state index in [2.05, 4.69) is 101 Å².